The average Bonchev–Trinajstić information content (AvgIpc) is 3.38. The summed E-state index contributed by atoms with van der Waals surface area (Å²) in [5.74, 6) is 2.74. The van der Waals surface area contributed by atoms with E-state index in [1.165, 1.54) is 5.56 Å². The Bertz CT molecular complexity index is 746. The molecular weight excluding hydrogens is 330 g/mol. The minimum Gasteiger partial charge on any atom is -0.454 e. The van der Waals surface area contributed by atoms with E-state index < -0.39 is 0 Å². The second-order valence-electron chi connectivity index (χ2n) is 7.05. The van der Waals surface area contributed by atoms with Crippen LogP contribution in [0.1, 0.15) is 44.2 Å². The summed E-state index contributed by atoms with van der Waals surface area (Å²) in [5.41, 5.74) is 1.28. The molecule has 1 aromatic heterocycles. The van der Waals surface area contributed by atoms with Crippen LogP contribution in [0, 0.1) is 0 Å². The molecule has 1 saturated heterocycles. The average molecular weight is 357 g/mol. The van der Waals surface area contributed by atoms with Crippen molar-refractivity contribution in [2.75, 3.05) is 13.4 Å². The number of aryl methyl sites for hydroxylation is 2. The van der Waals surface area contributed by atoms with Gasteiger partial charge in [-0.05, 0) is 50.8 Å². The van der Waals surface area contributed by atoms with Crippen molar-refractivity contribution < 1.29 is 14.2 Å². The summed E-state index contributed by atoms with van der Waals surface area (Å²) in [5, 5.41) is 3.76. The quantitative estimate of drug-likeness (QED) is 0.825. The fourth-order valence-electron chi connectivity index (χ4n) is 3.79. The number of nitrogens with one attached hydrogen (secondary N) is 1. The molecule has 2 aliphatic heterocycles. The minimum atomic E-state index is 0.0398. The number of hydrogen-bond donors (Lipinski definition) is 1. The Morgan fingerprint density at radius 1 is 1.31 bits per heavy atom. The van der Waals surface area contributed by atoms with Crippen LogP contribution < -0.4 is 14.8 Å². The molecule has 26 heavy (non-hydrogen) atoms. The van der Waals surface area contributed by atoms with Gasteiger partial charge in [-0.15, -0.1) is 0 Å². The maximum Gasteiger partial charge on any atom is 0.231 e. The molecule has 0 unspecified atom stereocenters. The molecule has 0 saturated carbocycles. The molecule has 6 heteroatoms. The van der Waals surface area contributed by atoms with Gasteiger partial charge in [0.1, 0.15) is 11.9 Å². The molecule has 0 amide bonds. The van der Waals surface area contributed by atoms with Crippen molar-refractivity contribution in [1.82, 2.24) is 14.9 Å². The van der Waals surface area contributed by atoms with Crippen molar-refractivity contribution >= 4 is 0 Å². The molecule has 140 valence electrons. The molecule has 0 spiro atoms. The Morgan fingerprint density at radius 3 is 3.08 bits per heavy atom. The third-order valence-corrected chi connectivity index (χ3v) is 5.24. The second kappa shape index (κ2) is 7.68. The van der Waals surface area contributed by atoms with Crippen LogP contribution in [0.5, 0.6) is 11.5 Å². The van der Waals surface area contributed by atoms with Crippen molar-refractivity contribution in [3.63, 3.8) is 0 Å². The molecule has 3 atom stereocenters. The van der Waals surface area contributed by atoms with Gasteiger partial charge < -0.3 is 24.1 Å². The number of ether oxygens (including phenoxy) is 3. The van der Waals surface area contributed by atoms with Crippen molar-refractivity contribution in [1.29, 1.82) is 0 Å². The number of hydrogen-bond acceptors (Lipinski definition) is 5. The van der Waals surface area contributed by atoms with Gasteiger partial charge in [-0.2, -0.15) is 0 Å². The SMILES string of the molecule is CCn1ccnc1[C@H]1OCC[C@@H]1N[C@H](C)CCc1ccc2c(c1)OCO2. The maximum absolute atomic E-state index is 5.99. The second-order valence-corrected chi connectivity index (χ2v) is 7.05. The number of benzene rings is 1. The number of aromatic nitrogens is 2. The van der Waals surface area contributed by atoms with E-state index in [2.05, 4.69) is 40.8 Å². The fraction of sp³-hybridized carbons (Fsp3) is 0.550. The van der Waals surface area contributed by atoms with E-state index in [0.29, 0.717) is 18.9 Å². The van der Waals surface area contributed by atoms with E-state index in [4.69, 9.17) is 14.2 Å². The number of fused-ring (bicyclic) bond motifs is 1. The van der Waals surface area contributed by atoms with Crippen molar-refractivity contribution in [2.24, 2.45) is 0 Å². The predicted molar refractivity (Wildman–Crippen MR) is 98.5 cm³/mol. The van der Waals surface area contributed by atoms with Crippen molar-refractivity contribution in [3.8, 4) is 11.5 Å². The number of rotatable bonds is 7. The highest BCUT2D eigenvalue weighted by molar-refractivity contribution is 5.44. The first-order valence-corrected chi connectivity index (χ1v) is 9.52. The first kappa shape index (κ1) is 17.4. The standard InChI is InChI=1S/C20H27N3O3/c1-3-23-10-9-21-20(23)19-16(8-11-24-19)22-14(2)4-5-15-6-7-17-18(12-15)26-13-25-17/h6-7,9-10,12,14,16,19,22H,3-5,8,11,13H2,1-2H3/t14-,16+,19+/m1/s1. The molecule has 3 heterocycles. The van der Waals surface area contributed by atoms with E-state index in [1.54, 1.807) is 0 Å². The van der Waals surface area contributed by atoms with Crippen LogP contribution >= 0.6 is 0 Å². The van der Waals surface area contributed by atoms with E-state index in [9.17, 15) is 0 Å². The lowest BCUT2D eigenvalue weighted by Crippen LogP contribution is -2.39. The smallest absolute Gasteiger partial charge is 0.231 e. The number of imidazole rings is 1. The zero-order valence-corrected chi connectivity index (χ0v) is 15.5. The molecule has 0 bridgehead atoms. The van der Waals surface area contributed by atoms with Crippen LogP contribution in [0.15, 0.2) is 30.6 Å². The Balaban J connectivity index is 1.33. The largest absolute Gasteiger partial charge is 0.454 e. The summed E-state index contributed by atoms with van der Waals surface area (Å²) in [6.07, 6.45) is 7.02. The summed E-state index contributed by atoms with van der Waals surface area (Å²) in [4.78, 5) is 4.53. The van der Waals surface area contributed by atoms with Gasteiger partial charge in [-0.1, -0.05) is 6.07 Å². The summed E-state index contributed by atoms with van der Waals surface area (Å²) < 4.78 is 19.0. The Labute approximate surface area is 154 Å². The number of nitrogens with zero attached hydrogens (tertiary/aromatic N) is 2. The Hall–Kier alpha value is -2.05. The zero-order valence-electron chi connectivity index (χ0n) is 15.5. The Morgan fingerprint density at radius 2 is 2.19 bits per heavy atom. The van der Waals surface area contributed by atoms with E-state index >= 15 is 0 Å². The van der Waals surface area contributed by atoms with Crippen LogP contribution in [0.4, 0.5) is 0 Å². The zero-order chi connectivity index (χ0) is 17.9. The van der Waals surface area contributed by atoms with Gasteiger partial charge >= 0.3 is 0 Å². The van der Waals surface area contributed by atoms with Gasteiger partial charge in [-0.3, -0.25) is 0 Å². The van der Waals surface area contributed by atoms with Crippen LogP contribution in [-0.4, -0.2) is 35.0 Å². The van der Waals surface area contributed by atoms with E-state index in [0.717, 1.165) is 49.7 Å². The predicted octanol–water partition coefficient (Wildman–Crippen LogP) is 3.07. The first-order valence-electron chi connectivity index (χ1n) is 9.52. The normalized spacial score (nSPS) is 22.7. The molecule has 1 N–H and O–H groups in total. The molecular formula is C20H27N3O3. The molecule has 4 rings (SSSR count). The summed E-state index contributed by atoms with van der Waals surface area (Å²) in [7, 11) is 0. The highest BCUT2D eigenvalue weighted by Gasteiger charge is 2.33. The lowest BCUT2D eigenvalue weighted by atomic mass is 10.0. The molecule has 2 aliphatic rings. The van der Waals surface area contributed by atoms with Crippen molar-refractivity contribution in [2.45, 2.75) is 57.8 Å². The van der Waals surface area contributed by atoms with Gasteiger partial charge in [0, 0.05) is 37.6 Å². The Kier molecular flexibility index (Phi) is 5.13. The van der Waals surface area contributed by atoms with Crippen LogP contribution in [0.2, 0.25) is 0 Å². The van der Waals surface area contributed by atoms with E-state index in [1.807, 2.05) is 18.5 Å². The van der Waals surface area contributed by atoms with Gasteiger partial charge in [0.2, 0.25) is 6.79 Å². The van der Waals surface area contributed by atoms with Crippen LogP contribution in [0.25, 0.3) is 0 Å². The molecule has 6 nitrogen and oxygen atoms in total. The lowest BCUT2D eigenvalue weighted by Gasteiger charge is -2.24. The highest BCUT2D eigenvalue weighted by Crippen LogP contribution is 2.33. The van der Waals surface area contributed by atoms with E-state index in [-0.39, 0.29) is 6.10 Å². The van der Waals surface area contributed by atoms with Crippen molar-refractivity contribution in [3.05, 3.63) is 42.0 Å². The third-order valence-electron chi connectivity index (χ3n) is 5.24. The van der Waals surface area contributed by atoms with Gasteiger partial charge in [0.05, 0.1) is 0 Å². The summed E-state index contributed by atoms with van der Waals surface area (Å²) >= 11 is 0. The molecule has 2 aromatic rings. The first-order chi connectivity index (χ1) is 12.7. The lowest BCUT2D eigenvalue weighted by molar-refractivity contribution is 0.0867. The van der Waals surface area contributed by atoms with Crippen LogP contribution in [0.3, 0.4) is 0 Å². The van der Waals surface area contributed by atoms with Crippen LogP contribution in [-0.2, 0) is 17.7 Å². The molecule has 1 fully saturated rings. The highest BCUT2D eigenvalue weighted by atomic mass is 16.7. The molecule has 1 aromatic carbocycles. The molecule has 0 radical (unpaired) electrons. The van der Waals surface area contributed by atoms with Gasteiger partial charge in [0.15, 0.2) is 11.5 Å². The van der Waals surface area contributed by atoms with Gasteiger partial charge in [-0.25, -0.2) is 4.98 Å². The third kappa shape index (κ3) is 3.57. The maximum atomic E-state index is 5.99. The minimum absolute atomic E-state index is 0.0398. The molecule has 0 aliphatic carbocycles. The monoisotopic (exact) mass is 357 g/mol. The summed E-state index contributed by atoms with van der Waals surface area (Å²) in [6.45, 7) is 6.41. The summed E-state index contributed by atoms with van der Waals surface area (Å²) in [6, 6.07) is 6.93. The van der Waals surface area contributed by atoms with Gasteiger partial charge in [0.25, 0.3) is 0 Å². The topological polar surface area (TPSA) is 57.5 Å². The fourth-order valence-corrected chi connectivity index (χ4v) is 3.79.